The van der Waals surface area contributed by atoms with Gasteiger partial charge in [-0.25, -0.2) is 8.78 Å². The number of fused-ring (bicyclic) bond motifs is 1. The fraction of sp³-hybridized carbons (Fsp3) is 0.485. The van der Waals surface area contributed by atoms with E-state index in [0.29, 0.717) is 31.4 Å². The Kier molecular flexibility index (Phi) is 8.91. The van der Waals surface area contributed by atoms with Crippen LogP contribution in [0.3, 0.4) is 0 Å². The van der Waals surface area contributed by atoms with Crippen molar-refractivity contribution in [1.29, 1.82) is 0 Å². The predicted molar refractivity (Wildman–Crippen MR) is 162 cm³/mol. The van der Waals surface area contributed by atoms with Gasteiger partial charge in [0.2, 0.25) is 5.91 Å². The van der Waals surface area contributed by atoms with Crippen molar-refractivity contribution in [3.05, 3.63) is 70.3 Å². The van der Waals surface area contributed by atoms with Gasteiger partial charge >= 0.3 is 0 Å². The van der Waals surface area contributed by atoms with Crippen molar-refractivity contribution in [3.8, 4) is 22.6 Å². The highest BCUT2D eigenvalue weighted by Gasteiger charge is 2.52. The van der Waals surface area contributed by atoms with Crippen molar-refractivity contribution in [3.63, 3.8) is 0 Å². The number of amides is 1. The molecule has 0 radical (unpaired) electrons. The average Bonchev–Trinajstić information content (AvgIpc) is 3.24. The molecule has 0 aromatic heterocycles. The van der Waals surface area contributed by atoms with E-state index in [-0.39, 0.29) is 51.8 Å². The number of carbonyl (C=O) groups excluding carboxylic acids is 1. The second-order valence-electron chi connectivity index (χ2n) is 12.4. The van der Waals surface area contributed by atoms with E-state index in [0.717, 1.165) is 12.8 Å². The Labute approximate surface area is 255 Å². The minimum atomic E-state index is -0.941. The van der Waals surface area contributed by atoms with Gasteiger partial charge in [-0.3, -0.25) is 4.79 Å². The molecule has 5 rings (SSSR count). The number of hydrogen-bond acceptors (Lipinski definition) is 6. The first-order valence-electron chi connectivity index (χ1n) is 14.8. The predicted octanol–water partition coefficient (Wildman–Crippen LogP) is 5.79. The molecular weight excluding hydrogens is 578 g/mol. The molecule has 43 heavy (non-hydrogen) atoms. The molecule has 0 saturated heterocycles. The second-order valence-corrected chi connectivity index (χ2v) is 12.7. The number of primary amides is 1. The molecular formula is C33H39ClF2N2O5. The lowest BCUT2D eigenvalue weighted by atomic mass is 9.72. The fourth-order valence-corrected chi connectivity index (χ4v) is 6.90. The zero-order valence-corrected chi connectivity index (χ0v) is 25.4. The Bertz CT molecular complexity index is 1450. The summed E-state index contributed by atoms with van der Waals surface area (Å²) in [4.78, 5) is 12.6. The molecule has 2 aromatic carbocycles. The van der Waals surface area contributed by atoms with Crippen molar-refractivity contribution in [2.45, 2.75) is 82.1 Å². The van der Waals surface area contributed by atoms with Crippen LogP contribution in [-0.2, 0) is 0 Å². The number of nitrogens with two attached hydrogens (primary N) is 1. The summed E-state index contributed by atoms with van der Waals surface area (Å²) in [6.07, 6.45) is 10.8. The Hall–Kier alpha value is -2.98. The van der Waals surface area contributed by atoms with Crippen LogP contribution in [0.2, 0.25) is 5.02 Å². The minimum Gasteiger partial charge on any atom is -0.488 e. The van der Waals surface area contributed by atoms with Crippen LogP contribution in [0.5, 0.6) is 11.5 Å². The normalized spacial score (nSPS) is 28.8. The second kappa shape index (κ2) is 12.2. The highest BCUT2D eigenvalue weighted by Crippen LogP contribution is 2.56. The maximum atomic E-state index is 16.2. The van der Waals surface area contributed by atoms with Gasteiger partial charge in [0.05, 0.1) is 22.3 Å². The Morgan fingerprint density at radius 2 is 1.98 bits per heavy atom. The number of nitrogens with one attached hydrogen (secondary N) is 1. The van der Waals surface area contributed by atoms with Gasteiger partial charge in [0.25, 0.3) is 0 Å². The van der Waals surface area contributed by atoms with Gasteiger partial charge in [-0.05, 0) is 58.1 Å². The van der Waals surface area contributed by atoms with Gasteiger partial charge in [0.1, 0.15) is 23.8 Å². The first kappa shape index (κ1) is 31.4. The molecule has 1 aliphatic heterocycles. The highest BCUT2D eigenvalue weighted by atomic mass is 35.5. The van der Waals surface area contributed by atoms with Crippen molar-refractivity contribution in [2.24, 2.45) is 11.7 Å². The van der Waals surface area contributed by atoms with E-state index in [4.69, 9.17) is 26.8 Å². The Morgan fingerprint density at radius 1 is 1.26 bits per heavy atom. The van der Waals surface area contributed by atoms with Gasteiger partial charge in [-0.1, -0.05) is 42.8 Å². The van der Waals surface area contributed by atoms with E-state index in [1.807, 2.05) is 32.1 Å². The number of aliphatic hydroxyl groups is 2. The van der Waals surface area contributed by atoms with E-state index in [9.17, 15) is 15.0 Å². The molecule has 5 N–H and O–H groups in total. The molecule has 2 aromatic rings. The van der Waals surface area contributed by atoms with Gasteiger partial charge in [-0.15, -0.1) is 0 Å². The number of allylic oxidation sites excluding steroid dienone is 3. The van der Waals surface area contributed by atoms with Crippen molar-refractivity contribution in [1.82, 2.24) is 5.32 Å². The zero-order valence-electron chi connectivity index (χ0n) is 24.6. The molecule has 7 nitrogen and oxygen atoms in total. The van der Waals surface area contributed by atoms with Crippen LogP contribution in [0, 0.1) is 17.6 Å². The van der Waals surface area contributed by atoms with Crippen LogP contribution < -0.4 is 20.5 Å². The van der Waals surface area contributed by atoms with Gasteiger partial charge in [-0.2, -0.15) is 0 Å². The number of aliphatic hydroxyl groups excluding tert-OH is 1. The molecule has 2 aliphatic carbocycles. The first-order valence-corrected chi connectivity index (χ1v) is 15.2. The van der Waals surface area contributed by atoms with Crippen LogP contribution >= 0.6 is 11.6 Å². The lowest BCUT2D eigenvalue weighted by molar-refractivity contribution is 0.00248. The van der Waals surface area contributed by atoms with Crippen LogP contribution in [-0.4, -0.2) is 52.6 Å². The topological polar surface area (TPSA) is 114 Å². The van der Waals surface area contributed by atoms with E-state index < -0.39 is 40.8 Å². The third-order valence-corrected chi connectivity index (χ3v) is 9.50. The van der Waals surface area contributed by atoms with Crippen LogP contribution in [0.1, 0.15) is 74.7 Å². The van der Waals surface area contributed by atoms with Gasteiger partial charge in [0.15, 0.2) is 11.6 Å². The van der Waals surface area contributed by atoms with Crippen LogP contribution in [0.4, 0.5) is 8.78 Å². The number of benzene rings is 2. The average molecular weight is 617 g/mol. The van der Waals surface area contributed by atoms with E-state index in [2.05, 4.69) is 11.4 Å². The molecule has 1 unspecified atom stereocenters. The molecule has 1 saturated carbocycles. The number of hydrogen-bond donors (Lipinski definition) is 4. The minimum absolute atomic E-state index is 0.0103. The third-order valence-electron chi connectivity index (χ3n) is 9.13. The molecule has 4 atom stereocenters. The lowest BCUT2D eigenvalue weighted by Gasteiger charge is -2.42. The maximum Gasteiger partial charge on any atom is 0.249 e. The van der Waals surface area contributed by atoms with Gasteiger partial charge in [0, 0.05) is 47.2 Å². The SMILES string of the molecule is C[C@H](O)COc1ccc(C(N)=O)c(-c2c(Cl)c(F)cc3c2[C@H](C)[C@@](CNC2CCC(C)(O)CC2)(C2C=CC=CC2)O3)c1F. The maximum absolute atomic E-state index is 16.2. The van der Waals surface area contributed by atoms with E-state index in [1.54, 1.807) is 0 Å². The molecule has 0 bridgehead atoms. The van der Waals surface area contributed by atoms with Crippen molar-refractivity contribution in [2.75, 3.05) is 13.2 Å². The van der Waals surface area contributed by atoms with Crippen molar-refractivity contribution >= 4 is 17.5 Å². The monoisotopic (exact) mass is 616 g/mol. The number of halogens is 3. The summed E-state index contributed by atoms with van der Waals surface area (Å²) in [5, 5.41) is 23.4. The zero-order chi connectivity index (χ0) is 31.1. The molecule has 1 amide bonds. The molecule has 232 valence electrons. The van der Waals surface area contributed by atoms with E-state index >= 15 is 8.78 Å². The van der Waals surface area contributed by atoms with E-state index in [1.165, 1.54) is 25.1 Å². The molecule has 10 heteroatoms. The lowest BCUT2D eigenvalue weighted by Crippen LogP contribution is -2.54. The molecule has 3 aliphatic rings. The smallest absolute Gasteiger partial charge is 0.249 e. The largest absolute Gasteiger partial charge is 0.488 e. The molecule has 0 spiro atoms. The standard InChI is InChI=1S/C33H39ClF2N2O5/c1-18(39)16-42-24-10-9-22(31(37)40)27(30(24)36)28-26-19(2)33(20-7-5-4-6-8-20,43-25(26)15-23(35)29(28)34)17-38-21-11-13-32(3,41)14-12-21/h4-7,9-10,15,18-21,38-39,41H,8,11-14,16-17H2,1-3H3,(H2,37,40)/t18-,19-,20?,21?,32?,33-/m0/s1. The highest BCUT2D eigenvalue weighted by molar-refractivity contribution is 6.34. The third kappa shape index (κ3) is 6.05. The fourth-order valence-electron chi connectivity index (χ4n) is 6.65. The summed E-state index contributed by atoms with van der Waals surface area (Å²) >= 11 is 6.62. The van der Waals surface area contributed by atoms with Crippen molar-refractivity contribution < 1.29 is 33.3 Å². The quantitative estimate of drug-likeness (QED) is 0.283. The Morgan fingerprint density at radius 3 is 2.60 bits per heavy atom. The number of ether oxygens (including phenoxy) is 2. The Balaban J connectivity index is 1.62. The molecule has 1 fully saturated rings. The molecule has 1 heterocycles. The number of rotatable bonds is 9. The summed E-state index contributed by atoms with van der Waals surface area (Å²) in [5.41, 5.74) is 4.10. The summed E-state index contributed by atoms with van der Waals surface area (Å²) in [7, 11) is 0. The summed E-state index contributed by atoms with van der Waals surface area (Å²) < 4.78 is 44.0. The van der Waals surface area contributed by atoms with Gasteiger partial charge < -0.3 is 30.7 Å². The number of carbonyl (C=O) groups is 1. The van der Waals surface area contributed by atoms with Crippen LogP contribution in [0.25, 0.3) is 11.1 Å². The summed E-state index contributed by atoms with van der Waals surface area (Å²) in [5.74, 6) is -3.26. The summed E-state index contributed by atoms with van der Waals surface area (Å²) in [6.45, 7) is 5.49. The van der Waals surface area contributed by atoms with Crippen LogP contribution in [0.15, 0.2) is 42.5 Å². The summed E-state index contributed by atoms with van der Waals surface area (Å²) in [6, 6.07) is 3.94. The first-order chi connectivity index (χ1) is 20.3.